The minimum atomic E-state index is -4.87. The third-order valence-electron chi connectivity index (χ3n) is 7.13. The fourth-order valence-electron chi connectivity index (χ4n) is 4.96. The highest BCUT2D eigenvalue weighted by molar-refractivity contribution is 7.92. The lowest BCUT2D eigenvalue weighted by molar-refractivity contribution is -0.643. The number of H-pyrrole nitrogens is 1. The summed E-state index contributed by atoms with van der Waals surface area (Å²) in [6.45, 7) is 3.37. The van der Waals surface area contributed by atoms with E-state index in [0.29, 0.717) is 30.0 Å². The number of benzene rings is 1. The lowest BCUT2D eigenvalue weighted by atomic mass is 10.1. The summed E-state index contributed by atoms with van der Waals surface area (Å²) >= 11 is 0. The maximum absolute atomic E-state index is 13.7. The van der Waals surface area contributed by atoms with Gasteiger partial charge in [0.25, 0.3) is 5.91 Å². The number of anilines is 1. The van der Waals surface area contributed by atoms with Crippen molar-refractivity contribution in [1.29, 1.82) is 5.26 Å². The average Bonchev–Trinajstić information content (AvgIpc) is 3.32. The van der Waals surface area contributed by atoms with Crippen molar-refractivity contribution in [2.24, 2.45) is 0 Å². The Morgan fingerprint density at radius 1 is 1.23 bits per heavy atom. The molecule has 0 bridgehead atoms. The first-order valence-corrected chi connectivity index (χ1v) is 13.8. The van der Waals surface area contributed by atoms with Gasteiger partial charge in [0.1, 0.15) is 17.3 Å². The maximum Gasteiger partial charge on any atom is 0.417 e. The minimum absolute atomic E-state index is 0.229. The van der Waals surface area contributed by atoms with Crippen LogP contribution in [0.5, 0.6) is 0 Å². The second-order valence-corrected chi connectivity index (χ2v) is 12.2. The molecule has 2 fully saturated rings. The molecule has 0 radical (unpaired) electrons. The Balaban J connectivity index is 1.58. The van der Waals surface area contributed by atoms with Crippen molar-refractivity contribution in [2.75, 3.05) is 11.4 Å². The molecule has 2 atom stereocenters. The predicted molar refractivity (Wildman–Crippen MR) is 133 cm³/mol. The normalized spacial score (nSPS) is 20.5. The van der Waals surface area contributed by atoms with E-state index in [1.807, 2.05) is 6.92 Å². The van der Waals surface area contributed by atoms with E-state index in [1.54, 1.807) is 40.9 Å². The van der Waals surface area contributed by atoms with Gasteiger partial charge >= 0.3 is 12.0 Å². The van der Waals surface area contributed by atoms with E-state index in [-0.39, 0.29) is 13.0 Å². The number of aryl methyl sites for hydroxylation is 2. The lowest BCUT2D eigenvalue weighted by Crippen LogP contribution is -2.51. The zero-order chi connectivity index (χ0) is 28.2. The first-order chi connectivity index (χ1) is 18.3. The fraction of sp³-hybridized carbons (Fsp3) is 0.385. The van der Waals surface area contributed by atoms with Gasteiger partial charge in [0.15, 0.2) is 21.6 Å². The third kappa shape index (κ3) is 4.96. The Morgan fingerprint density at radius 3 is 2.59 bits per heavy atom. The summed E-state index contributed by atoms with van der Waals surface area (Å²) in [5.74, 6) is -0.0889. The standard InChI is InChI=1S/C26H25F3N6O3S/c1-16-11-18(7-10-31-16)35-23(12-17(2)33-35)34-14-19(13-21(34)24(36)32-25(15-30)8-9-25)39(37,38)22-6-4-3-5-20(22)26(27,28)29/h3-7,10-12,19,21H,8-9,13-14H2,1-2H3,(H,32,36)/p+1/t19-,21+/m1/s1. The topological polar surface area (TPSA) is 123 Å². The van der Waals surface area contributed by atoms with E-state index in [0.717, 1.165) is 23.9 Å². The molecule has 5 rings (SSSR count). The summed E-state index contributed by atoms with van der Waals surface area (Å²) in [6.07, 6.45) is -2.56. The summed E-state index contributed by atoms with van der Waals surface area (Å²) in [5.41, 5.74) is -0.139. The van der Waals surface area contributed by atoms with Gasteiger partial charge < -0.3 is 5.32 Å². The molecule has 1 aliphatic carbocycles. The van der Waals surface area contributed by atoms with Crippen molar-refractivity contribution in [2.45, 2.75) is 61.0 Å². The fourth-order valence-corrected chi connectivity index (χ4v) is 6.87. The molecular formula is C26H26F3N6O3S+. The van der Waals surface area contributed by atoms with E-state index in [9.17, 15) is 31.6 Å². The second kappa shape index (κ2) is 9.37. The van der Waals surface area contributed by atoms with Crippen LogP contribution in [0.25, 0.3) is 5.69 Å². The van der Waals surface area contributed by atoms with Crippen LogP contribution in [0.4, 0.5) is 19.0 Å². The molecular weight excluding hydrogens is 533 g/mol. The number of alkyl halides is 3. The molecule has 204 valence electrons. The number of aromatic amines is 1. The first-order valence-electron chi connectivity index (χ1n) is 12.3. The summed E-state index contributed by atoms with van der Waals surface area (Å²) in [6, 6.07) is 10.4. The molecule has 39 heavy (non-hydrogen) atoms. The van der Waals surface area contributed by atoms with E-state index in [1.165, 1.54) is 6.07 Å². The number of nitrogens with zero attached hydrogens (tertiary/aromatic N) is 4. The van der Waals surface area contributed by atoms with Gasteiger partial charge in [-0.1, -0.05) is 12.1 Å². The molecule has 1 aliphatic heterocycles. The molecule has 2 aliphatic rings. The molecule has 2 N–H and O–H groups in total. The Labute approximate surface area is 223 Å². The summed E-state index contributed by atoms with van der Waals surface area (Å²) in [5, 5.41) is 14.1. The number of nitrogens with one attached hydrogen (secondary N) is 2. The quantitative estimate of drug-likeness (QED) is 0.448. The van der Waals surface area contributed by atoms with Crippen molar-refractivity contribution in [3.8, 4) is 11.8 Å². The van der Waals surface area contributed by atoms with Gasteiger partial charge in [0.2, 0.25) is 0 Å². The van der Waals surface area contributed by atoms with Crippen LogP contribution in [0.15, 0.2) is 53.6 Å². The van der Waals surface area contributed by atoms with Crippen molar-refractivity contribution >= 4 is 21.6 Å². The molecule has 3 heterocycles. The minimum Gasteiger partial charge on any atom is -0.334 e. The van der Waals surface area contributed by atoms with E-state index in [4.69, 9.17) is 0 Å². The van der Waals surface area contributed by atoms with Gasteiger partial charge in [0, 0.05) is 30.4 Å². The van der Waals surface area contributed by atoms with E-state index in [2.05, 4.69) is 21.5 Å². The van der Waals surface area contributed by atoms with Crippen molar-refractivity contribution in [1.82, 2.24) is 15.4 Å². The Bertz CT molecular complexity index is 1590. The van der Waals surface area contributed by atoms with Crippen molar-refractivity contribution < 1.29 is 31.1 Å². The van der Waals surface area contributed by atoms with Gasteiger partial charge in [-0.25, -0.2) is 18.4 Å². The number of hydrogen-bond donors (Lipinski definition) is 2. The summed E-state index contributed by atoms with van der Waals surface area (Å²) < 4.78 is 70.2. The Morgan fingerprint density at radius 2 is 1.95 bits per heavy atom. The second-order valence-electron chi connectivity index (χ2n) is 10.0. The van der Waals surface area contributed by atoms with Gasteiger partial charge in [-0.05, 0) is 38.8 Å². The largest absolute Gasteiger partial charge is 0.417 e. The number of carbonyl (C=O) groups excluding carboxylic acids is 1. The number of amides is 1. The molecule has 0 spiro atoms. The van der Waals surface area contributed by atoms with Crippen LogP contribution in [-0.4, -0.2) is 47.8 Å². The predicted octanol–water partition coefficient (Wildman–Crippen LogP) is 2.92. The number of sulfone groups is 1. The number of carbonyl (C=O) groups is 1. The van der Waals surface area contributed by atoms with Crippen LogP contribution in [0.2, 0.25) is 0 Å². The van der Waals surface area contributed by atoms with Gasteiger partial charge in [0.05, 0.1) is 28.3 Å². The maximum atomic E-state index is 13.7. The van der Waals surface area contributed by atoms with Crippen molar-refractivity contribution in [3.63, 3.8) is 0 Å². The van der Waals surface area contributed by atoms with Crippen LogP contribution in [0, 0.1) is 25.2 Å². The van der Waals surface area contributed by atoms with Crippen LogP contribution in [0.3, 0.4) is 0 Å². The number of rotatable bonds is 6. The molecule has 13 heteroatoms. The number of nitriles is 1. The van der Waals surface area contributed by atoms with E-state index >= 15 is 0 Å². The first kappa shape index (κ1) is 26.7. The van der Waals surface area contributed by atoms with E-state index < -0.39 is 49.2 Å². The summed E-state index contributed by atoms with van der Waals surface area (Å²) in [7, 11) is -4.51. The molecule has 1 saturated carbocycles. The highest BCUT2D eigenvalue weighted by Crippen LogP contribution is 2.39. The van der Waals surface area contributed by atoms with Crippen LogP contribution in [-0.2, 0) is 20.8 Å². The monoisotopic (exact) mass is 559 g/mol. The Kier molecular flexibility index (Phi) is 6.41. The molecule has 0 unspecified atom stereocenters. The molecule has 1 amide bonds. The van der Waals surface area contributed by atoms with Gasteiger partial charge in [-0.3, -0.25) is 9.78 Å². The number of halogens is 3. The number of pyridine rings is 1. The smallest absolute Gasteiger partial charge is 0.334 e. The third-order valence-corrected chi connectivity index (χ3v) is 9.31. The SMILES string of the molecule is Cc1cc(-[n+]2[nH]c(C)cc2N2C[C@H](S(=O)(=O)c3ccccc3C(F)(F)F)C[C@H]2C(=O)NC2(C#N)CC2)ccn1. The molecule has 3 aromatic rings. The highest BCUT2D eigenvalue weighted by Gasteiger charge is 2.53. The van der Waals surface area contributed by atoms with Crippen LogP contribution in [0.1, 0.15) is 36.2 Å². The van der Waals surface area contributed by atoms with Crippen LogP contribution >= 0.6 is 0 Å². The van der Waals surface area contributed by atoms with Gasteiger partial charge in [-0.2, -0.15) is 18.4 Å². The van der Waals surface area contributed by atoms with Crippen molar-refractivity contribution in [3.05, 3.63) is 65.6 Å². The number of aromatic nitrogens is 3. The molecule has 9 nitrogen and oxygen atoms in total. The Hall–Kier alpha value is -3.92. The lowest BCUT2D eigenvalue weighted by Gasteiger charge is -2.20. The zero-order valence-electron chi connectivity index (χ0n) is 21.2. The zero-order valence-corrected chi connectivity index (χ0v) is 22.0. The van der Waals surface area contributed by atoms with Crippen LogP contribution < -0.4 is 14.9 Å². The number of hydrogen-bond acceptors (Lipinski definition) is 6. The van der Waals surface area contributed by atoms with Gasteiger partial charge in [-0.15, -0.1) is 4.68 Å². The molecule has 1 aromatic carbocycles. The average molecular weight is 560 g/mol. The molecule has 1 saturated heterocycles. The summed E-state index contributed by atoms with van der Waals surface area (Å²) in [4.78, 5) is 18.4. The molecule has 2 aromatic heterocycles. The highest BCUT2D eigenvalue weighted by atomic mass is 32.2.